The van der Waals surface area contributed by atoms with Crippen molar-refractivity contribution in [1.29, 1.82) is 5.26 Å². The SMILES string of the molecule is N#C[C@H](c1ccc(Br)o1)N1CC(O)C1. The second kappa shape index (κ2) is 3.73. The van der Waals surface area contributed by atoms with Crippen LogP contribution < -0.4 is 0 Å². The third-order valence-electron chi connectivity index (χ3n) is 2.24. The lowest BCUT2D eigenvalue weighted by Crippen LogP contribution is -2.51. The van der Waals surface area contributed by atoms with Gasteiger partial charge in [0, 0.05) is 13.1 Å². The van der Waals surface area contributed by atoms with E-state index < -0.39 is 0 Å². The largest absolute Gasteiger partial charge is 0.452 e. The molecule has 14 heavy (non-hydrogen) atoms. The fourth-order valence-corrected chi connectivity index (χ4v) is 1.82. The van der Waals surface area contributed by atoms with Gasteiger partial charge in [-0.2, -0.15) is 5.26 Å². The Morgan fingerprint density at radius 1 is 1.64 bits per heavy atom. The van der Waals surface area contributed by atoms with E-state index in [4.69, 9.17) is 14.8 Å². The van der Waals surface area contributed by atoms with Gasteiger partial charge in [0.15, 0.2) is 10.7 Å². The van der Waals surface area contributed by atoms with Crippen molar-refractivity contribution in [2.45, 2.75) is 12.1 Å². The van der Waals surface area contributed by atoms with Gasteiger partial charge >= 0.3 is 0 Å². The van der Waals surface area contributed by atoms with Gasteiger partial charge in [-0.3, -0.25) is 4.90 Å². The van der Waals surface area contributed by atoms with Crippen LogP contribution in [-0.4, -0.2) is 29.2 Å². The van der Waals surface area contributed by atoms with Gasteiger partial charge in [0.25, 0.3) is 0 Å². The van der Waals surface area contributed by atoms with Crippen LogP contribution in [0.25, 0.3) is 0 Å². The summed E-state index contributed by atoms with van der Waals surface area (Å²) in [6, 6.07) is 5.30. The van der Waals surface area contributed by atoms with Crippen molar-refractivity contribution in [3.8, 4) is 6.07 Å². The van der Waals surface area contributed by atoms with Crippen LogP contribution >= 0.6 is 15.9 Å². The molecule has 1 aromatic heterocycles. The van der Waals surface area contributed by atoms with Crippen LogP contribution in [0.5, 0.6) is 0 Å². The summed E-state index contributed by atoms with van der Waals surface area (Å²) in [6.07, 6.45) is -0.302. The molecule has 0 aromatic carbocycles. The quantitative estimate of drug-likeness (QED) is 0.867. The van der Waals surface area contributed by atoms with Crippen LogP contribution in [0.4, 0.5) is 0 Å². The number of halogens is 1. The zero-order valence-corrected chi connectivity index (χ0v) is 8.94. The Bertz CT molecular complexity index is 365. The maximum absolute atomic E-state index is 9.12. The summed E-state index contributed by atoms with van der Waals surface area (Å²) in [6.45, 7) is 1.08. The van der Waals surface area contributed by atoms with Gasteiger partial charge in [0.05, 0.1) is 12.2 Å². The highest BCUT2D eigenvalue weighted by Gasteiger charge is 2.33. The third-order valence-corrected chi connectivity index (χ3v) is 2.67. The predicted molar refractivity (Wildman–Crippen MR) is 52.3 cm³/mol. The molecule has 1 saturated heterocycles. The zero-order valence-electron chi connectivity index (χ0n) is 7.35. The number of aliphatic hydroxyl groups is 1. The summed E-state index contributed by atoms with van der Waals surface area (Å²) in [4.78, 5) is 1.87. The zero-order chi connectivity index (χ0) is 10.1. The van der Waals surface area contributed by atoms with E-state index in [0.29, 0.717) is 23.5 Å². The average Bonchev–Trinajstić information content (AvgIpc) is 2.50. The van der Waals surface area contributed by atoms with Crippen LogP contribution in [0.1, 0.15) is 11.8 Å². The first-order valence-corrected chi connectivity index (χ1v) is 5.07. The van der Waals surface area contributed by atoms with Crippen molar-refractivity contribution >= 4 is 15.9 Å². The molecule has 0 radical (unpaired) electrons. The Labute approximate surface area is 89.9 Å². The van der Waals surface area contributed by atoms with Crippen molar-refractivity contribution in [1.82, 2.24) is 4.90 Å². The van der Waals surface area contributed by atoms with E-state index in [1.165, 1.54) is 0 Å². The van der Waals surface area contributed by atoms with Crippen molar-refractivity contribution in [3.63, 3.8) is 0 Å². The van der Waals surface area contributed by atoms with Gasteiger partial charge in [-0.15, -0.1) is 0 Å². The molecule has 1 aliphatic rings. The molecule has 1 aromatic rings. The van der Waals surface area contributed by atoms with Gasteiger partial charge in [0.2, 0.25) is 0 Å². The number of rotatable bonds is 2. The lowest BCUT2D eigenvalue weighted by Gasteiger charge is -2.37. The maximum Gasteiger partial charge on any atom is 0.169 e. The number of hydrogen-bond acceptors (Lipinski definition) is 4. The first-order chi connectivity index (χ1) is 6.70. The average molecular weight is 257 g/mol. The van der Waals surface area contributed by atoms with Crippen molar-refractivity contribution in [2.24, 2.45) is 0 Å². The second-order valence-corrected chi connectivity index (χ2v) is 4.06. The standard InChI is InChI=1S/C9H9BrN2O2/c10-9-2-1-8(14-9)7(3-11)12-4-6(13)5-12/h1-2,6-7,13H,4-5H2/t7-/m1/s1. The van der Waals surface area contributed by atoms with E-state index in [2.05, 4.69) is 22.0 Å². The predicted octanol–water partition coefficient (Wildman–Crippen LogP) is 1.28. The molecule has 0 saturated carbocycles. The Morgan fingerprint density at radius 2 is 2.36 bits per heavy atom. The highest BCUT2D eigenvalue weighted by Crippen LogP contribution is 2.28. The minimum Gasteiger partial charge on any atom is -0.452 e. The topological polar surface area (TPSA) is 60.4 Å². The number of β-amino-alcohol motifs (C(OH)–C–C–N with tert-alkyl or cyclic N) is 1. The molecule has 0 bridgehead atoms. The fraction of sp³-hybridized carbons (Fsp3) is 0.444. The van der Waals surface area contributed by atoms with Crippen LogP contribution in [0.15, 0.2) is 21.2 Å². The summed E-state index contributed by atoms with van der Waals surface area (Å²) in [5, 5.41) is 18.1. The van der Waals surface area contributed by atoms with Crippen molar-refractivity contribution in [3.05, 3.63) is 22.6 Å². The van der Waals surface area contributed by atoms with Gasteiger partial charge in [-0.1, -0.05) is 0 Å². The van der Waals surface area contributed by atoms with Crippen molar-refractivity contribution in [2.75, 3.05) is 13.1 Å². The number of nitriles is 1. The molecule has 2 heterocycles. The third kappa shape index (κ3) is 1.69. The maximum atomic E-state index is 9.12. The molecule has 0 unspecified atom stereocenters. The summed E-state index contributed by atoms with van der Waals surface area (Å²) >= 11 is 3.19. The Balaban J connectivity index is 2.11. The molecule has 0 spiro atoms. The summed E-state index contributed by atoms with van der Waals surface area (Å²) < 4.78 is 5.92. The van der Waals surface area contributed by atoms with E-state index >= 15 is 0 Å². The lowest BCUT2D eigenvalue weighted by atomic mass is 10.1. The molecule has 1 fully saturated rings. The van der Waals surface area contributed by atoms with Gasteiger partial charge in [-0.25, -0.2) is 0 Å². The van der Waals surface area contributed by atoms with Crippen LogP contribution in [0.2, 0.25) is 0 Å². The molecule has 1 aliphatic heterocycles. The minimum atomic E-state index is -0.385. The molecular formula is C9H9BrN2O2. The summed E-state index contributed by atoms with van der Waals surface area (Å²) in [5.41, 5.74) is 0. The van der Waals surface area contributed by atoms with E-state index in [-0.39, 0.29) is 12.1 Å². The van der Waals surface area contributed by atoms with E-state index in [9.17, 15) is 0 Å². The molecular weight excluding hydrogens is 248 g/mol. The number of nitrogens with zero attached hydrogens (tertiary/aromatic N) is 2. The number of likely N-dealkylation sites (tertiary alicyclic amines) is 1. The van der Waals surface area contributed by atoms with E-state index in [1.54, 1.807) is 12.1 Å². The molecule has 0 aliphatic carbocycles. The Kier molecular flexibility index (Phi) is 2.59. The van der Waals surface area contributed by atoms with Crippen LogP contribution in [0.3, 0.4) is 0 Å². The summed E-state index contributed by atoms with van der Waals surface area (Å²) in [5.74, 6) is 0.617. The van der Waals surface area contributed by atoms with E-state index in [1.807, 2.05) is 4.90 Å². The van der Waals surface area contributed by atoms with Gasteiger partial charge in [-0.05, 0) is 28.1 Å². The first kappa shape index (κ1) is 9.71. The normalized spacial score (nSPS) is 20.1. The summed E-state index contributed by atoms with van der Waals surface area (Å²) in [7, 11) is 0. The molecule has 1 N–H and O–H groups in total. The highest BCUT2D eigenvalue weighted by molar-refractivity contribution is 9.10. The molecule has 5 heteroatoms. The minimum absolute atomic E-state index is 0.302. The Hall–Kier alpha value is -0.830. The number of hydrogen-bond donors (Lipinski definition) is 1. The molecule has 2 rings (SSSR count). The van der Waals surface area contributed by atoms with Crippen LogP contribution in [-0.2, 0) is 0 Å². The first-order valence-electron chi connectivity index (χ1n) is 4.27. The van der Waals surface area contributed by atoms with Crippen molar-refractivity contribution < 1.29 is 9.52 Å². The molecule has 4 nitrogen and oxygen atoms in total. The molecule has 74 valence electrons. The Morgan fingerprint density at radius 3 is 2.79 bits per heavy atom. The molecule has 0 amide bonds. The fourth-order valence-electron chi connectivity index (χ4n) is 1.50. The van der Waals surface area contributed by atoms with Gasteiger partial charge < -0.3 is 9.52 Å². The number of aliphatic hydroxyl groups excluding tert-OH is 1. The highest BCUT2D eigenvalue weighted by atomic mass is 79.9. The lowest BCUT2D eigenvalue weighted by molar-refractivity contribution is -0.0168. The molecule has 1 atom stereocenters. The second-order valence-electron chi connectivity index (χ2n) is 3.28. The smallest absolute Gasteiger partial charge is 0.169 e. The monoisotopic (exact) mass is 256 g/mol. The van der Waals surface area contributed by atoms with Crippen LogP contribution in [0, 0.1) is 11.3 Å². The van der Waals surface area contributed by atoms with Gasteiger partial charge in [0.1, 0.15) is 5.76 Å². The number of furan rings is 1. The van der Waals surface area contributed by atoms with E-state index in [0.717, 1.165) is 0 Å².